The van der Waals surface area contributed by atoms with E-state index < -0.39 is 10.0 Å². The molecule has 1 aromatic carbocycles. The molecule has 22 heavy (non-hydrogen) atoms. The Hall–Kier alpha value is -1.41. The Labute approximate surface area is 135 Å². The average Bonchev–Trinajstić information content (AvgIpc) is 3.01. The SMILES string of the molecule is COc1ccc(S(=O)(=O)NC[C@H](c2ccsc2)N(C)C)cc1. The topological polar surface area (TPSA) is 58.6 Å². The van der Waals surface area contributed by atoms with Gasteiger partial charge in [-0.1, -0.05) is 0 Å². The quantitative estimate of drug-likeness (QED) is 0.840. The van der Waals surface area contributed by atoms with Crippen molar-refractivity contribution in [1.82, 2.24) is 9.62 Å². The van der Waals surface area contributed by atoms with Crippen molar-refractivity contribution in [1.29, 1.82) is 0 Å². The number of hydrogen-bond acceptors (Lipinski definition) is 5. The molecule has 5 nitrogen and oxygen atoms in total. The number of nitrogens with one attached hydrogen (secondary N) is 1. The normalized spacial score (nSPS) is 13.3. The van der Waals surface area contributed by atoms with E-state index in [1.807, 2.05) is 35.8 Å². The number of sulfonamides is 1. The third-order valence-electron chi connectivity index (χ3n) is 3.39. The van der Waals surface area contributed by atoms with E-state index in [9.17, 15) is 8.42 Å². The Bertz CT molecular complexity index is 680. The molecule has 120 valence electrons. The molecule has 7 heteroatoms. The maximum absolute atomic E-state index is 12.4. The van der Waals surface area contributed by atoms with Crippen LogP contribution in [0.5, 0.6) is 5.75 Å². The highest BCUT2D eigenvalue weighted by atomic mass is 32.2. The van der Waals surface area contributed by atoms with Gasteiger partial charge in [0.15, 0.2) is 0 Å². The van der Waals surface area contributed by atoms with E-state index in [1.54, 1.807) is 30.6 Å². The molecule has 0 amide bonds. The van der Waals surface area contributed by atoms with Crippen LogP contribution in [-0.4, -0.2) is 41.1 Å². The minimum absolute atomic E-state index is 0.000673. The first-order chi connectivity index (χ1) is 10.4. The van der Waals surface area contributed by atoms with Gasteiger partial charge in [-0.05, 0) is 60.8 Å². The minimum Gasteiger partial charge on any atom is -0.497 e. The van der Waals surface area contributed by atoms with E-state index in [-0.39, 0.29) is 10.9 Å². The van der Waals surface area contributed by atoms with Gasteiger partial charge in [0.05, 0.1) is 12.0 Å². The van der Waals surface area contributed by atoms with E-state index in [0.717, 1.165) is 5.56 Å². The molecule has 0 saturated heterocycles. The van der Waals surface area contributed by atoms with Crippen LogP contribution in [0.4, 0.5) is 0 Å². The predicted octanol–water partition coefficient (Wildman–Crippen LogP) is 2.34. The van der Waals surface area contributed by atoms with Crippen LogP contribution in [0.25, 0.3) is 0 Å². The maximum atomic E-state index is 12.4. The third kappa shape index (κ3) is 4.07. The first kappa shape index (κ1) is 17.0. The molecule has 1 heterocycles. The van der Waals surface area contributed by atoms with Crippen molar-refractivity contribution in [2.45, 2.75) is 10.9 Å². The van der Waals surface area contributed by atoms with Gasteiger partial charge in [0.2, 0.25) is 10.0 Å². The summed E-state index contributed by atoms with van der Waals surface area (Å²) in [4.78, 5) is 2.23. The zero-order valence-electron chi connectivity index (χ0n) is 12.8. The molecule has 2 aromatic rings. The second-order valence-corrected chi connectivity index (χ2v) is 7.61. The van der Waals surface area contributed by atoms with Gasteiger partial charge in [0.25, 0.3) is 0 Å². The van der Waals surface area contributed by atoms with Crippen molar-refractivity contribution in [2.24, 2.45) is 0 Å². The zero-order valence-corrected chi connectivity index (χ0v) is 14.4. The van der Waals surface area contributed by atoms with Crippen LogP contribution in [0.2, 0.25) is 0 Å². The monoisotopic (exact) mass is 340 g/mol. The molecule has 0 unspecified atom stereocenters. The second-order valence-electron chi connectivity index (χ2n) is 5.06. The summed E-state index contributed by atoms with van der Waals surface area (Å²) in [6.45, 7) is 0.318. The summed E-state index contributed by atoms with van der Waals surface area (Å²) >= 11 is 1.60. The summed E-state index contributed by atoms with van der Waals surface area (Å²) in [5.41, 5.74) is 1.10. The van der Waals surface area contributed by atoms with Crippen molar-refractivity contribution in [2.75, 3.05) is 27.7 Å². The Morgan fingerprint density at radius 2 is 1.91 bits per heavy atom. The lowest BCUT2D eigenvalue weighted by Crippen LogP contribution is -2.34. The largest absolute Gasteiger partial charge is 0.497 e. The molecule has 0 bridgehead atoms. The Morgan fingerprint density at radius 3 is 2.41 bits per heavy atom. The summed E-state index contributed by atoms with van der Waals surface area (Å²) in [5.74, 6) is 0.628. The fraction of sp³-hybridized carbons (Fsp3) is 0.333. The molecule has 0 aliphatic rings. The Balaban J connectivity index is 2.10. The molecule has 1 aromatic heterocycles. The van der Waals surface area contributed by atoms with Crippen LogP contribution in [0.15, 0.2) is 46.0 Å². The standard InChI is InChI=1S/C15H20N2O3S2/c1-17(2)15(12-8-9-21-11-12)10-16-22(18,19)14-6-4-13(20-3)5-7-14/h4-9,11,15-16H,10H2,1-3H3/t15-/m1/s1. The molecule has 0 fully saturated rings. The highest BCUT2D eigenvalue weighted by molar-refractivity contribution is 7.89. The molecule has 1 atom stereocenters. The van der Waals surface area contributed by atoms with Crippen molar-refractivity contribution in [3.05, 3.63) is 46.7 Å². The molecule has 0 aliphatic carbocycles. The van der Waals surface area contributed by atoms with Gasteiger partial charge in [0, 0.05) is 12.6 Å². The van der Waals surface area contributed by atoms with Gasteiger partial charge >= 0.3 is 0 Å². The van der Waals surface area contributed by atoms with Crippen LogP contribution in [0.1, 0.15) is 11.6 Å². The van der Waals surface area contributed by atoms with E-state index in [4.69, 9.17) is 4.74 Å². The number of thiophene rings is 1. The highest BCUT2D eigenvalue weighted by Crippen LogP contribution is 2.21. The van der Waals surface area contributed by atoms with E-state index in [2.05, 4.69) is 4.72 Å². The lowest BCUT2D eigenvalue weighted by atomic mass is 10.1. The van der Waals surface area contributed by atoms with Crippen LogP contribution in [0, 0.1) is 0 Å². The number of hydrogen-bond donors (Lipinski definition) is 1. The molecular weight excluding hydrogens is 320 g/mol. The van der Waals surface area contributed by atoms with Gasteiger partial charge in [-0.25, -0.2) is 13.1 Å². The van der Waals surface area contributed by atoms with E-state index in [1.165, 1.54) is 12.1 Å². The van der Waals surface area contributed by atoms with Gasteiger partial charge in [-0.15, -0.1) is 0 Å². The lowest BCUT2D eigenvalue weighted by Gasteiger charge is -2.24. The number of ether oxygens (including phenoxy) is 1. The fourth-order valence-corrected chi connectivity index (χ4v) is 3.84. The van der Waals surface area contributed by atoms with Gasteiger partial charge < -0.3 is 9.64 Å². The van der Waals surface area contributed by atoms with Crippen molar-refractivity contribution in [3.63, 3.8) is 0 Å². The summed E-state index contributed by atoms with van der Waals surface area (Å²) in [5, 5.41) is 4.02. The van der Waals surface area contributed by atoms with Crippen molar-refractivity contribution >= 4 is 21.4 Å². The summed E-state index contributed by atoms with van der Waals surface area (Å²) in [6, 6.07) is 8.36. The number of methoxy groups -OCH3 is 1. The molecular formula is C15H20N2O3S2. The Morgan fingerprint density at radius 1 is 1.23 bits per heavy atom. The first-order valence-corrected chi connectivity index (χ1v) is 9.19. The van der Waals surface area contributed by atoms with Gasteiger partial charge in [-0.2, -0.15) is 11.3 Å². The zero-order chi connectivity index (χ0) is 16.2. The Kier molecular flexibility index (Phi) is 5.57. The van der Waals surface area contributed by atoms with Crippen LogP contribution in [-0.2, 0) is 10.0 Å². The molecule has 0 spiro atoms. The molecule has 1 N–H and O–H groups in total. The molecule has 2 rings (SSSR count). The molecule has 0 saturated carbocycles. The maximum Gasteiger partial charge on any atom is 0.240 e. The fourth-order valence-electron chi connectivity index (χ4n) is 2.09. The van der Waals surface area contributed by atoms with Crippen LogP contribution >= 0.6 is 11.3 Å². The summed E-state index contributed by atoms with van der Waals surface area (Å²) < 4.78 is 32.4. The predicted molar refractivity (Wildman–Crippen MR) is 88.9 cm³/mol. The average molecular weight is 340 g/mol. The summed E-state index contributed by atoms with van der Waals surface area (Å²) in [7, 11) is 1.88. The second kappa shape index (κ2) is 7.23. The number of benzene rings is 1. The number of nitrogens with zero attached hydrogens (tertiary/aromatic N) is 1. The van der Waals surface area contributed by atoms with Crippen molar-refractivity contribution in [3.8, 4) is 5.75 Å². The lowest BCUT2D eigenvalue weighted by molar-refractivity contribution is 0.300. The van der Waals surface area contributed by atoms with Crippen molar-refractivity contribution < 1.29 is 13.2 Å². The summed E-state index contributed by atoms with van der Waals surface area (Å²) in [6.07, 6.45) is 0. The van der Waals surface area contributed by atoms with Gasteiger partial charge in [-0.3, -0.25) is 0 Å². The molecule has 0 radical (unpaired) electrons. The van der Waals surface area contributed by atoms with Crippen LogP contribution < -0.4 is 9.46 Å². The smallest absolute Gasteiger partial charge is 0.240 e. The third-order valence-corrected chi connectivity index (χ3v) is 5.53. The molecule has 0 aliphatic heterocycles. The number of likely N-dealkylation sites (N-methyl/N-ethyl adjacent to an activating group) is 1. The first-order valence-electron chi connectivity index (χ1n) is 6.76. The van der Waals surface area contributed by atoms with Gasteiger partial charge in [0.1, 0.15) is 5.75 Å². The minimum atomic E-state index is -3.53. The van der Waals surface area contributed by atoms with Crippen LogP contribution in [0.3, 0.4) is 0 Å². The van der Waals surface area contributed by atoms with E-state index in [0.29, 0.717) is 12.3 Å². The number of rotatable bonds is 7. The highest BCUT2D eigenvalue weighted by Gasteiger charge is 2.20. The van der Waals surface area contributed by atoms with E-state index >= 15 is 0 Å².